The summed E-state index contributed by atoms with van der Waals surface area (Å²) in [6, 6.07) is 0.523. The molecule has 3 nitrogen and oxygen atoms in total. The van der Waals surface area contributed by atoms with Crippen LogP contribution in [0, 0.1) is 0 Å². The van der Waals surface area contributed by atoms with Crippen molar-refractivity contribution in [2.75, 3.05) is 0 Å². The van der Waals surface area contributed by atoms with Gasteiger partial charge in [-0.15, -0.1) is 6.58 Å². The fourth-order valence-electron chi connectivity index (χ4n) is 2.71. The van der Waals surface area contributed by atoms with Gasteiger partial charge in [0.25, 0.3) is 0 Å². The van der Waals surface area contributed by atoms with Crippen molar-refractivity contribution in [2.45, 2.75) is 71.4 Å². The highest BCUT2D eigenvalue weighted by Crippen LogP contribution is 2.21. The van der Waals surface area contributed by atoms with Gasteiger partial charge in [-0.3, -0.25) is 5.10 Å². The van der Waals surface area contributed by atoms with E-state index in [1.807, 2.05) is 0 Å². The van der Waals surface area contributed by atoms with E-state index in [1.165, 1.54) is 54.6 Å². The topological polar surface area (TPSA) is 40.7 Å². The zero-order valence-corrected chi connectivity index (χ0v) is 12.4. The number of fused-ring (bicyclic) bond motifs is 1. The van der Waals surface area contributed by atoms with Gasteiger partial charge in [-0.25, -0.2) is 0 Å². The molecule has 0 amide bonds. The average Bonchev–Trinajstić information content (AvgIpc) is 2.61. The second-order valence-corrected chi connectivity index (χ2v) is 5.97. The van der Waals surface area contributed by atoms with E-state index in [0.717, 1.165) is 19.4 Å². The number of hydrogen-bond donors (Lipinski definition) is 2. The molecule has 1 heterocycles. The van der Waals surface area contributed by atoms with Gasteiger partial charge >= 0.3 is 0 Å². The predicted octanol–water partition coefficient (Wildman–Crippen LogP) is 3.51. The summed E-state index contributed by atoms with van der Waals surface area (Å²) in [5, 5.41) is 11.3. The molecule has 3 heteroatoms. The minimum atomic E-state index is 0.523. The van der Waals surface area contributed by atoms with Crippen molar-refractivity contribution in [1.29, 1.82) is 0 Å². The number of allylic oxidation sites excluding steroid dienone is 1. The van der Waals surface area contributed by atoms with Crippen molar-refractivity contribution in [3.8, 4) is 0 Å². The first-order valence-corrected chi connectivity index (χ1v) is 7.59. The van der Waals surface area contributed by atoms with E-state index in [1.54, 1.807) is 0 Å². The van der Waals surface area contributed by atoms with Gasteiger partial charge in [-0.2, -0.15) is 5.10 Å². The van der Waals surface area contributed by atoms with E-state index in [9.17, 15) is 0 Å². The van der Waals surface area contributed by atoms with E-state index in [0.29, 0.717) is 6.04 Å². The van der Waals surface area contributed by atoms with Crippen molar-refractivity contribution in [2.24, 2.45) is 0 Å². The third-order valence-electron chi connectivity index (χ3n) is 4.01. The van der Waals surface area contributed by atoms with Gasteiger partial charge in [0, 0.05) is 18.3 Å². The molecule has 0 aliphatic heterocycles. The lowest BCUT2D eigenvalue weighted by molar-refractivity contribution is 0.507. The smallest absolute Gasteiger partial charge is 0.0794 e. The summed E-state index contributed by atoms with van der Waals surface area (Å²) in [5.41, 5.74) is 5.36. The zero-order chi connectivity index (χ0) is 13.7. The molecule has 0 saturated heterocycles. The molecule has 1 aliphatic carbocycles. The van der Waals surface area contributed by atoms with E-state index in [4.69, 9.17) is 0 Å². The van der Waals surface area contributed by atoms with Crippen molar-refractivity contribution in [3.63, 3.8) is 0 Å². The molecule has 106 valence electrons. The van der Waals surface area contributed by atoms with Crippen LogP contribution in [-0.4, -0.2) is 16.2 Å². The Kier molecular flexibility index (Phi) is 5.20. The normalized spacial score (nSPS) is 16.7. The highest BCUT2D eigenvalue weighted by Gasteiger charge is 2.15. The highest BCUT2D eigenvalue weighted by molar-refractivity contribution is 5.26. The lowest BCUT2D eigenvalue weighted by atomic mass is 10.1. The van der Waals surface area contributed by atoms with Gasteiger partial charge < -0.3 is 5.32 Å². The molecule has 0 saturated carbocycles. The monoisotopic (exact) mass is 261 g/mol. The number of rotatable bonds is 6. The standard InChI is InChI=1S/C16H27N3/c1-12(2)9-10-13(3)17-11-16-14-7-5-4-6-8-15(14)18-19-16/h13,17H,1,4-11H2,2-3H3,(H,18,19)/t13-/m1/s1. The molecule has 1 aromatic heterocycles. The number of hydrogen-bond acceptors (Lipinski definition) is 2. The minimum absolute atomic E-state index is 0.523. The molecule has 1 aromatic rings. The fourth-order valence-corrected chi connectivity index (χ4v) is 2.71. The lowest BCUT2D eigenvalue weighted by Crippen LogP contribution is -2.26. The van der Waals surface area contributed by atoms with Crippen molar-refractivity contribution in [3.05, 3.63) is 29.1 Å². The first kappa shape index (κ1) is 14.3. The van der Waals surface area contributed by atoms with Gasteiger partial charge in [0.15, 0.2) is 0 Å². The maximum absolute atomic E-state index is 4.50. The molecule has 0 radical (unpaired) electrons. The number of aromatic amines is 1. The summed E-state index contributed by atoms with van der Waals surface area (Å²) in [6.45, 7) is 9.19. The maximum atomic E-state index is 4.50. The molecule has 19 heavy (non-hydrogen) atoms. The SMILES string of the molecule is C=C(C)CC[C@@H](C)NCc1n[nH]c2c1CCCCC2. The van der Waals surface area contributed by atoms with E-state index in [2.05, 4.69) is 35.9 Å². The van der Waals surface area contributed by atoms with Crippen LogP contribution >= 0.6 is 0 Å². The quantitative estimate of drug-likeness (QED) is 0.607. The predicted molar refractivity (Wildman–Crippen MR) is 80.2 cm³/mol. The Hall–Kier alpha value is -1.09. The number of H-pyrrole nitrogens is 1. The van der Waals surface area contributed by atoms with Gasteiger partial charge in [-0.05, 0) is 57.9 Å². The molecule has 1 aliphatic rings. The van der Waals surface area contributed by atoms with Gasteiger partial charge in [-0.1, -0.05) is 12.0 Å². The lowest BCUT2D eigenvalue weighted by Gasteiger charge is -2.13. The molecule has 0 aromatic carbocycles. The Morgan fingerprint density at radius 3 is 2.95 bits per heavy atom. The van der Waals surface area contributed by atoms with Gasteiger partial charge in [0.1, 0.15) is 0 Å². The summed E-state index contributed by atoms with van der Waals surface area (Å²) in [4.78, 5) is 0. The average molecular weight is 261 g/mol. The molecule has 1 atom stereocenters. The van der Waals surface area contributed by atoms with Crippen molar-refractivity contribution >= 4 is 0 Å². The van der Waals surface area contributed by atoms with Gasteiger partial charge in [0.2, 0.25) is 0 Å². The second-order valence-electron chi connectivity index (χ2n) is 5.97. The van der Waals surface area contributed by atoms with Crippen LogP contribution in [0.15, 0.2) is 12.2 Å². The Morgan fingerprint density at radius 1 is 1.37 bits per heavy atom. The molecule has 0 bridgehead atoms. The Morgan fingerprint density at radius 2 is 2.16 bits per heavy atom. The summed E-state index contributed by atoms with van der Waals surface area (Å²) in [7, 11) is 0. The fraction of sp³-hybridized carbons (Fsp3) is 0.688. The molecule has 0 unspecified atom stereocenters. The van der Waals surface area contributed by atoms with Gasteiger partial charge in [0.05, 0.1) is 5.69 Å². The van der Waals surface area contributed by atoms with Crippen molar-refractivity contribution < 1.29 is 0 Å². The minimum Gasteiger partial charge on any atom is -0.309 e. The van der Waals surface area contributed by atoms with Crippen LogP contribution in [0.5, 0.6) is 0 Å². The highest BCUT2D eigenvalue weighted by atomic mass is 15.1. The van der Waals surface area contributed by atoms with E-state index >= 15 is 0 Å². The molecule has 2 rings (SSSR count). The number of aromatic nitrogens is 2. The summed E-state index contributed by atoms with van der Waals surface area (Å²) in [5.74, 6) is 0. The molecular weight excluding hydrogens is 234 g/mol. The van der Waals surface area contributed by atoms with Crippen LogP contribution in [0.25, 0.3) is 0 Å². The van der Waals surface area contributed by atoms with E-state index < -0.39 is 0 Å². The molecular formula is C16H27N3. The maximum Gasteiger partial charge on any atom is 0.0794 e. The Labute approximate surface area is 116 Å². The number of nitrogens with zero attached hydrogens (tertiary/aromatic N) is 1. The van der Waals surface area contributed by atoms with Crippen molar-refractivity contribution in [1.82, 2.24) is 15.5 Å². The third-order valence-corrected chi connectivity index (χ3v) is 4.01. The second kappa shape index (κ2) is 6.90. The first-order chi connectivity index (χ1) is 9.16. The van der Waals surface area contributed by atoms with Crippen LogP contribution in [0.3, 0.4) is 0 Å². The zero-order valence-electron chi connectivity index (χ0n) is 12.4. The third kappa shape index (κ3) is 4.20. The Balaban J connectivity index is 1.86. The Bertz CT molecular complexity index is 420. The number of nitrogens with one attached hydrogen (secondary N) is 2. The molecule has 2 N–H and O–H groups in total. The largest absolute Gasteiger partial charge is 0.309 e. The van der Waals surface area contributed by atoms with Crippen LogP contribution < -0.4 is 5.32 Å². The van der Waals surface area contributed by atoms with Crippen LogP contribution in [-0.2, 0) is 19.4 Å². The van der Waals surface area contributed by atoms with Crippen LogP contribution in [0.1, 0.15) is 62.9 Å². The number of aryl methyl sites for hydroxylation is 1. The summed E-state index contributed by atoms with van der Waals surface area (Å²) in [6.07, 6.45) is 8.59. The molecule has 0 spiro atoms. The van der Waals surface area contributed by atoms with E-state index in [-0.39, 0.29) is 0 Å². The summed E-state index contributed by atoms with van der Waals surface area (Å²) < 4.78 is 0. The first-order valence-electron chi connectivity index (χ1n) is 7.59. The summed E-state index contributed by atoms with van der Waals surface area (Å²) >= 11 is 0. The van der Waals surface area contributed by atoms with Crippen LogP contribution in [0.2, 0.25) is 0 Å². The molecule has 0 fully saturated rings. The van der Waals surface area contributed by atoms with Crippen LogP contribution in [0.4, 0.5) is 0 Å².